The Morgan fingerprint density at radius 1 is 1.52 bits per heavy atom. The first-order valence-corrected chi connectivity index (χ1v) is 7.20. The van der Waals surface area contributed by atoms with Crippen molar-refractivity contribution in [2.24, 2.45) is 0 Å². The van der Waals surface area contributed by atoms with Crippen LogP contribution in [0.2, 0.25) is 0 Å². The first-order valence-electron chi connectivity index (χ1n) is 7.20. The number of hydrogen-bond acceptors (Lipinski definition) is 3. The van der Waals surface area contributed by atoms with Gasteiger partial charge in [-0.2, -0.15) is 0 Å². The van der Waals surface area contributed by atoms with E-state index in [1.165, 1.54) is 0 Å². The zero-order chi connectivity index (χ0) is 15.6. The largest absolute Gasteiger partial charge is 0.444 e. The van der Waals surface area contributed by atoms with Crippen molar-refractivity contribution in [3.05, 3.63) is 23.5 Å². The number of nitrogens with one attached hydrogen (secondary N) is 2. The lowest BCUT2D eigenvalue weighted by atomic mass is 10.1. The van der Waals surface area contributed by atoms with E-state index in [-0.39, 0.29) is 11.9 Å². The minimum atomic E-state index is -0.492. The minimum Gasteiger partial charge on any atom is -0.444 e. The molecule has 1 atom stereocenters. The first-order chi connectivity index (χ1) is 9.76. The molecule has 21 heavy (non-hydrogen) atoms. The third-order valence-electron chi connectivity index (χ3n) is 3.26. The van der Waals surface area contributed by atoms with Crippen LogP contribution in [-0.2, 0) is 4.74 Å². The van der Waals surface area contributed by atoms with E-state index in [0.29, 0.717) is 18.8 Å². The molecular formula is C15H23N3O3. The molecule has 0 fully saturated rings. The van der Waals surface area contributed by atoms with Crippen LogP contribution in [-0.4, -0.2) is 35.3 Å². The maximum absolute atomic E-state index is 11.8. The quantitative estimate of drug-likeness (QED) is 0.895. The van der Waals surface area contributed by atoms with Gasteiger partial charge in [0.25, 0.3) is 5.91 Å². The van der Waals surface area contributed by atoms with Crippen molar-refractivity contribution in [2.75, 3.05) is 13.1 Å². The third kappa shape index (κ3) is 4.00. The Bertz CT molecular complexity index is 543. The molecule has 0 radical (unpaired) electrons. The smallest absolute Gasteiger partial charge is 0.407 e. The SMILES string of the molecule is Cc1cc2n(c1)C(CCNC(=O)OC(C)(C)C)CNC2=O. The standard InChI is InChI=1S/C15H23N3O3/c1-10-7-12-13(19)17-8-11(18(12)9-10)5-6-16-14(20)21-15(2,3)4/h7,9,11H,5-6,8H2,1-4H3,(H,16,20)(H,17,19). The number of amides is 2. The molecule has 2 N–H and O–H groups in total. The molecule has 0 spiro atoms. The molecule has 6 nitrogen and oxygen atoms in total. The van der Waals surface area contributed by atoms with E-state index in [0.717, 1.165) is 12.0 Å². The summed E-state index contributed by atoms with van der Waals surface area (Å²) in [6.07, 6.45) is 2.30. The lowest BCUT2D eigenvalue weighted by Gasteiger charge is -2.27. The minimum absolute atomic E-state index is 0.0422. The molecule has 0 saturated carbocycles. The number of ether oxygens (including phenoxy) is 1. The van der Waals surface area contributed by atoms with Crippen molar-refractivity contribution in [1.82, 2.24) is 15.2 Å². The summed E-state index contributed by atoms with van der Waals surface area (Å²) in [5.74, 6) is -0.0422. The summed E-state index contributed by atoms with van der Waals surface area (Å²) in [6, 6.07) is 2.03. The number of hydrogen-bond donors (Lipinski definition) is 2. The summed E-state index contributed by atoms with van der Waals surface area (Å²) >= 11 is 0. The van der Waals surface area contributed by atoms with Crippen molar-refractivity contribution < 1.29 is 14.3 Å². The van der Waals surface area contributed by atoms with Crippen molar-refractivity contribution in [2.45, 2.75) is 45.8 Å². The molecule has 1 aliphatic rings. The van der Waals surface area contributed by atoms with E-state index >= 15 is 0 Å². The van der Waals surface area contributed by atoms with Crippen molar-refractivity contribution in [1.29, 1.82) is 0 Å². The van der Waals surface area contributed by atoms with Gasteiger partial charge in [-0.15, -0.1) is 0 Å². The van der Waals surface area contributed by atoms with Crippen LogP contribution in [0.4, 0.5) is 4.79 Å². The van der Waals surface area contributed by atoms with Gasteiger partial charge in [0.2, 0.25) is 0 Å². The molecule has 2 amide bonds. The number of alkyl carbamates (subject to hydrolysis) is 1. The highest BCUT2D eigenvalue weighted by atomic mass is 16.6. The Morgan fingerprint density at radius 2 is 2.24 bits per heavy atom. The molecular weight excluding hydrogens is 270 g/mol. The Labute approximate surface area is 124 Å². The monoisotopic (exact) mass is 293 g/mol. The summed E-state index contributed by atoms with van der Waals surface area (Å²) in [7, 11) is 0. The molecule has 2 heterocycles. The van der Waals surface area contributed by atoms with Crippen LogP contribution in [0.25, 0.3) is 0 Å². The van der Waals surface area contributed by atoms with Gasteiger partial charge in [-0.05, 0) is 45.7 Å². The number of fused-ring (bicyclic) bond motifs is 1. The first kappa shape index (κ1) is 15.4. The fourth-order valence-electron chi connectivity index (χ4n) is 2.40. The summed E-state index contributed by atoms with van der Waals surface area (Å²) < 4.78 is 7.18. The molecule has 1 aromatic heterocycles. The molecule has 1 unspecified atom stereocenters. The predicted octanol–water partition coefficient (Wildman–Crippen LogP) is 2.00. The van der Waals surface area contributed by atoms with Gasteiger partial charge >= 0.3 is 6.09 Å². The van der Waals surface area contributed by atoms with Crippen molar-refractivity contribution >= 4 is 12.0 Å². The normalized spacial score (nSPS) is 17.9. The number of aromatic nitrogens is 1. The van der Waals surface area contributed by atoms with Crippen LogP contribution in [0, 0.1) is 6.92 Å². The Morgan fingerprint density at radius 3 is 2.90 bits per heavy atom. The fraction of sp³-hybridized carbons (Fsp3) is 0.600. The number of aryl methyl sites for hydroxylation is 1. The lowest BCUT2D eigenvalue weighted by Crippen LogP contribution is -2.40. The van der Waals surface area contributed by atoms with Crippen LogP contribution < -0.4 is 10.6 Å². The second-order valence-electron chi connectivity index (χ2n) is 6.39. The molecule has 2 rings (SSSR count). The fourth-order valence-corrected chi connectivity index (χ4v) is 2.40. The average Bonchev–Trinajstić information content (AvgIpc) is 2.72. The Hall–Kier alpha value is -1.98. The van der Waals surface area contributed by atoms with E-state index in [9.17, 15) is 9.59 Å². The van der Waals surface area contributed by atoms with Gasteiger partial charge < -0.3 is 19.9 Å². The van der Waals surface area contributed by atoms with Crippen molar-refractivity contribution in [3.63, 3.8) is 0 Å². The number of carbonyl (C=O) groups is 2. The van der Waals surface area contributed by atoms with Gasteiger partial charge in [-0.3, -0.25) is 4.79 Å². The Kier molecular flexibility index (Phi) is 4.25. The van der Waals surface area contributed by atoms with E-state index in [4.69, 9.17) is 4.74 Å². The molecule has 1 aliphatic heterocycles. The predicted molar refractivity (Wildman–Crippen MR) is 79.4 cm³/mol. The highest BCUT2D eigenvalue weighted by molar-refractivity contribution is 5.93. The number of rotatable bonds is 3. The maximum atomic E-state index is 11.8. The molecule has 0 saturated heterocycles. The molecule has 0 aromatic carbocycles. The summed E-state index contributed by atoms with van der Waals surface area (Å²) in [5.41, 5.74) is 1.25. The molecule has 0 bridgehead atoms. The highest BCUT2D eigenvalue weighted by Crippen LogP contribution is 2.21. The van der Waals surface area contributed by atoms with Crippen LogP contribution >= 0.6 is 0 Å². The van der Waals surface area contributed by atoms with Crippen LogP contribution in [0.1, 0.15) is 49.3 Å². The summed E-state index contributed by atoms with van der Waals surface area (Å²) in [4.78, 5) is 23.4. The number of nitrogens with zero attached hydrogens (tertiary/aromatic N) is 1. The van der Waals surface area contributed by atoms with Gasteiger partial charge in [0.05, 0.1) is 6.04 Å². The maximum Gasteiger partial charge on any atom is 0.407 e. The summed E-state index contributed by atoms with van der Waals surface area (Å²) in [6.45, 7) is 8.55. The molecule has 0 aliphatic carbocycles. The van der Waals surface area contributed by atoms with Gasteiger partial charge in [-0.25, -0.2) is 4.79 Å². The van der Waals surface area contributed by atoms with Gasteiger partial charge in [0.1, 0.15) is 11.3 Å². The Balaban J connectivity index is 1.89. The lowest BCUT2D eigenvalue weighted by molar-refractivity contribution is 0.0523. The zero-order valence-corrected chi connectivity index (χ0v) is 13.0. The van der Waals surface area contributed by atoms with Crippen molar-refractivity contribution in [3.8, 4) is 0 Å². The third-order valence-corrected chi connectivity index (χ3v) is 3.26. The van der Waals surface area contributed by atoms with Gasteiger partial charge in [0.15, 0.2) is 0 Å². The van der Waals surface area contributed by atoms with Crippen LogP contribution in [0.15, 0.2) is 12.3 Å². The van der Waals surface area contributed by atoms with E-state index in [1.807, 2.05) is 44.5 Å². The average molecular weight is 293 g/mol. The molecule has 1 aromatic rings. The molecule has 6 heteroatoms. The summed E-state index contributed by atoms with van der Waals surface area (Å²) in [5, 5.41) is 5.62. The topological polar surface area (TPSA) is 72.4 Å². The van der Waals surface area contributed by atoms with Crippen LogP contribution in [0.3, 0.4) is 0 Å². The van der Waals surface area contributed by atoms with Crippen LogP contribution in [0.5, 0.6) is 0 Å². The zero-order valence-electron chi connectivity index (χ0n) is 13.0. The van der Waals surface area contributed by atoms with Gasteiger partial charge in [0, 0.05) is 19.3 Å². The van der Waals surface area contributed by atoms with E-state index < -0.39 is 11.7 Å². The second kappa shape index (κ2) is 5.79. The van der Waals surface area contributed by atoms with E-state index in [2.05, 4.69) is 10.6 Å². The molecule has 116 valence electrons. The highest BCUT2D eigenvalue weighted by Gasteiger charge is 2.25. The van der Waals surface area contributed by atoms with E-state index in [1.54, 1.807) is 0 Å². The van der Waals surface area contributed by atoms with Gasteiger partial charge in [-0.1, -0.05) is 0 Å². The second-order valence-corrected chi connectivity index (χ2v) is 6.39. The number of carbonyl (C=O) groups excluding carboxylic acids is 2.